The van der Waals surface area contributed by atoms with Crippen molar-refractivity contribution in [2.24, 2.45) is 0 Å². The zero-order chi connectivity index (χ0) is 13.8. The van der Waals surface area contributed by atoms with Crippen LogP contribution in [0.4, 0.5) is 5.69 Å². The number of aromatic nitrogens is 3. The maximum absolute atomic E-state index is 12.1. The molecule has 6 nitrogen and oxygen atoms in total. The fourth-order valence-electron chi connectivity index (χ4n) is 2.30. The molecule has 1 aliphatic rings. The van der Waals surface area contributed by atoms with E-state index in [9.17, 15) is 4.79 Å². The lowest BCUT2D eigenvalue weighted by molar-refractivity contribution is -0.118. The number of hydrogen-bond donors (Lipinski definition) is 2. The Balaban J connectivity index is 0.00000121. The van der Waals surface area contributed by atoms with Crippen molar-refractivity contribution in [2.75, 3.05) is 11.9 Å². The highest BCUT2D eigenvalue weighted by Gasteiger charge is 2.20. The van der Waals surface area contributed by atoms with E-state index in [-0.39, 0.29) is 36.8 Å². The highest BCUT2D eigenvalue weighted by Crippen LogP contribution is 2.12. The summed E-state index contributed by atoms with van der Waals surface area (Å²) in [6.07, 6.45) is 8.31. The van der Waals surface area contributed by atoms with Gasteiger partial charge in [-0.05, 0) is 37.6 Å². The summed E-state index contributed by atoms with van der Waals surface area (Å²) in [5.41, 5.74) is 0.707. The molecule has 120 valence electrons. The van der Waals surface area contributed by atoms with Crippen molar-refractivity contribution in [3.63, 3.8) is 0 Å². The zero-order valence-corrected chi connectivity index (χ0v) is 13.6. The summed E-state index contributed by atoms with van der Waals surface area (Å²) in [4.78, 5) is 16.3. The molecule has 1 atom stereocenters. The molecule has 0 radical (unpaired) electrons. The third kappa shape index (κ3) is 4.43. The first-order chi connectivity index (χ1) is 9.83. The Morgan fingerprint density at radius 1 is 1.32 bits per heavy atom. The number of piperidine rings is 1. The predicted octanol–water partition coefficient (Wildman–Crippen LogP) is 2.19. The average Bonchev–Trinajstić information content (AvgIpc) is 3.03. The number of hydrogen-bond acceptors (Lipinski definition) is 4. The van der Waals surface area contributed by atoms with Crippen molar-refractivity contribution in [3.05, 3.63) is 36.8 Å². The Morgan fingerprint density at radius 2 is 2.18 bits per heavy atom. The van der Waals surface area contributed by atoms with Gasteiger partial charge in [-0.2, -0.15) is 5.10 Å². The van der Waals surface area contributed by atoms with Gasteiger partial charge in [0.15, 0.2) is 5.82 Å². The fraction of sp³-hybridized carbons (Fsp3) is 0.357. The van der Waals surface area contributed by atoms with Crippen LogP contribution in [0.25, 0.3) is 5.82 Å². The normalized spacial score (nSPS) is 17.0. The molecule has 0 aliphatic carbocycles. The summed E-state index contributed by atoms with van der Waals surface area (Å²) in [5, 5.41) is 10.2. The van der Waals surface area contributed by atoms with Crippen LogP contribution in [0, 0.1) is 0 Å². The molecule has 1 unspecified atom stereocenters. The van der Waals surface area contributed by atoms with E-state index < -0.39 is 0 Å². The number of halogens is 2. The number of anilines is 1. The second kappa shape index (κ2) is 8.73. The molecule has 0 saturated carbocycles. The molecule has 3 heterocycles. The van der Waals surface area contributed by atoms with Crippen LogP contribution in [0.5, 0.6) is 0 Å². The van der Waals surface area contributed by atoms with Gasteiger partial charge < -0.3 is 10.6 Å². The van der Waals surface area contributed by atoms with Crippen LogP contribution in [-0.4, -0.2) is 33.3 Å². The molecule has 1 aliphatic heterocycles. The highest BCUT2D eigenvalue weighted by molar-refractivity contribution is 5.94. The summed E-state index contributed by atoms with van der Waals surface area (Å²) >= 11 is 0. The second-order valence-corrected chi connectivity index (χ2v) is 4.85. The van der Waals surface area contributed by atoms with Crippen molar-refractivity contribution in [1.82, 2.24) is 20.1 Å². The maximum atomic E-state index is 12.1. The van der Waals surface area contributed by atoms with E-state index in [1.165, 1.54) is 0 Å². The van der Waals surface area contributed by atoms with E-state index in [1.807, 2.05) is 24.4 Å². The van der Waals surface area contributed by atoms with Crippen molar-refractivity contribution in [3.8, 4) is 5.82 Å². The quantitative estimate of drug-likeness (QED) is 0.895. The van der Waals surface area contributed by atoms with Crippen LogP contribution in [0.15, 0.2) is 36.8 Å². The molecule has 3 rings (SSSR count). The standard InChI is InChI=1S/C14H17N5O.2ClH/c20-14(12-4-1-2-7-15-12)18-11-5-6-13(16-10-11)19-9-3-8-17-19;;/h3,5-6,8-10,12,15H,1-2,4,7H2,(H,18,20);2*1H. The summed E-state index contributed by atoms with van der Waals surface area (Å²) in [6.45, 7) is 0.911. The lowest BCUT2D eigenvalue weighted by Gasteiger charge is -2.22. The smallest absolute Gasteiger partial charge is 0.241 e. The molecule has 22 heavy (non-hydrogen) atoms. The zero-order valence-electron chi connectivity index (χ0n) is 11.9. The van der Waals surface area contributed by atoms with Crippen LogP contribution in [0.2, 0.25) is 0 Å². The van der Waals surface area contributed by atoms with Gasteiger partial charge in [-0.25, -0.2) is 9.67 Å². The van der Waals surface area contributed by atoms with Crippen LogP contribution in [0.1, 0.15) is 19.3 Å². The van der Waals surface area contributed by atoms with Crippen molar-refractivity contribution in [2.45, 2.75) is 25.3 Å². The second-order valence-electron chi connectivity index (χ2n) is 4.85. The van der Waals surface area contributed by atoms with E-state index in [4.69, 9.17) is 0 Å². The van der Waals surface area contributed by atoms with Gasteiger partial charge in [-0.15, -0.1) is 24.8 Å². The summed E-state index contributed by atoms with van der Waals surface area (Å²) in [7, 11) is 0. The third-order valence-corrected chi connectivity index (χ3v) is 3.38. The van der Waals surface area contributed by atoms with Gasteiger partial charge in [0.2, 0.25) is 5.91 Å². The number of amides is 1. The van der Waals surface area contributed by atoms with Crippen LogP contribution >= 0.6 is 24.8 Å². The molecule has 2 aromatic heterocycles. The fourth-order valence-corrected chi connectivity index (χ4v) is 2.30. The van der Waals surface area contributed by atoms with E-state index >= 15 is 0 Å². The van der Waals surface area contributed by atoms with Crippen molar-refractivity contribution < 1.29 is 4.79 Å². The summed E-state index contributed by atoms with van der Waals surface area (Å²) in [5.74, 6) is 0.738. The van der Waals surface area contributed by atoms with Gasteiger partial charge >= 0.3 is 0 Å². The largest absolute Gasteiger partial charge is 0.323 e. The Labute approximate surface area is 141 Å². The van der Waals surface area contributed by atoms with Gasteiger partial charge in [-0.3, -0.25) is 4.79 Å². The first kappa shape index (κ1) is 18.4. The van der Waals surface area contributed by atoms with Gasteiger partial charge in [0, 0.05) is 12.4 Å². The monoisotopic (exact) mass is 343 g/mol. The molecule has 0 aromatic carbocycles. The van der Waals surface area contributed by atoms with Crippen molar-refractivity contribution >= 4 is 36.4 Å². The molecule has 1 amide bonds. The minimum Gasteiger partial charge on any atom is -0.323 e. The number of nitrogens with one attached hydrogen (secondary N) is 2. The SMILES string of the molecule is Cl.Cl.O=C(Nc1ccc(-n2cccn2)nc1)C1CCCCN1. The predicted molar refractivity (Wildman–Crippen MR) is 90.1 cm³/mol. The van der Waals surface area contributed by atoms with Gasteiger partial charge in [-0.1, -0.05) is 6.42 Å². The lowest BCUT2D eigenvalue weighted by atomic mass is 10.0. The molecule has 1 saturated heterocycles. The number of pyridine rings is 1. The molecule has 2 N–H and O–H groups in total. The highest BCUT2D eigenvalue weighted by atomic mass is 35.5. The molecule has 8 heteroatoms. The van der Waals surface area contributed by atoms with E-state index in [0.29, 0.717) is 5.69 Å². The molecule has 0 bridgehead atoms. The lowest BCUT2D eigenvalue weighted by Crippen LogP contribution is -2.43. The minimum absolute atomic E-state index is 0. The average molecular weight is 344 g/mol. The molecular formula is C14H19Cl2N5O. The molecular weight excluding hydrogens is 325 g/mol. The number of nitrogens with zero attached hydrogens (tertiary/aromatic N) is 3. The van der Waals surface area contributed by atoms with E-state index in [2.05, 4.69) is 20.7 Å². The number of carbonyl (C=O) groups is 1. The molecule has 1 fully saturated rings. The summed E-state index contributed by atoms with van der Waals surface area (Å²) in [6, 6.07) is 5.42. The van der Waals surface area contributed by atoms with Gasteiger partial charge in [0.25, 0.3) is 0 Å². The molecule has 2 aromatic rings. The number of carbonyl (C=O) groups excluding carboxylic acids is 1. The summed E-state index contributed by atoms with van der Waals surface area (Å²) < 4.78 is 1.67. The maximum Gasteiger partial charge on any atom is 0.241 e. The Hall–Kier alpha value is -1.63. The Morgan fingerprint density at radius 3 is 2.77 bits per heavy atom. The van der Waals surface area contributed by atoms with E-state index in [1.54, 1.807) is 17.1 Å². The number of rotatable bonds is 3. The van der Waals surface area contributed by atoms with Crippen LogP contribution in [-0.2, 0) is 4.79 Å². The van der Waals surface area contributed by atoms with Gasteiger partial charge in [0.05, 0.1) is 17.9 Å². The van der Waals surface area contributed by atoms with Crippen LogP contribution < -0.4 is 10.6 Å². The topological polar surface area (TPSA) is 71.8 Å². The first-order valence-electron chi connectivity index (χ1n) is 6.83. The third-order valence-electron chi connectivity index (χ3n) is 3.38. The Kier molecular flexibility index (Phi) is 7.31. The minimum atomic E-state index is -0.0884. The molecule has 0 spiro atoms. The Bertz CT molecular complexity index is 567. The van der Waals surface area contributed by atoms with Crippen molar-refractivity contribution in [1.29, 1.82) is 0 Å². The van der Waals surface area contributed by atoms with Crippen LogP contribution in [0.3, 0.4) is 0 Å². The van der Waals surface area contributed by atoms with Gasteiger partial charge in [0.1, 0.15) is 0 Å². The van der Waals surface area contributed by atoms with E-state index in [0.717, 1.165) is 31.6 Å². The first-order valence-corrected chi connectivity index (χ1v) is 6.83.